The zero-order valence-corrected chi connectivity index (χ0v) is 19.3. The SMILES string of the molecule is CCNC(=NCc1ccc(OC)c(OC2CCCC2)c1)NCc1c(CC)noc1CC. The fourth-order valence-corrected chi connectivity index (χ4v) is 3.92. The van der Waals surface area contributed by atoms with Gasteiger partial charge in [-0.3, -0.25) is 0 Å². The van der Waals surface area contributed by atoms with Crippen molar-refractivity contribution < 1.29 is 14.0 Å². The van der Waals surface area contributed by atoms with Gasteiger partial charge in [-0.1, -0.05) is 25.1 Å². The minimum absolute atomic E-state index is 0.288. The molecular formula is C24H36N4O3. The lowest BCUT2D eigenvalue weighted by molar-refractivity contribution is 0.200. The number of guanidine groups is 1. The zero-order valence-electron chi connectivity index (χ0n) is 19.3. The van der Waals surface area contributed by atoms with Gasteiger partial charge in [-0.2, -0.15) is 0 Å². The second-order valence-corrected chi connectivity index (χ2v) is 7.80. The lowest BCUT2D eigenvalue weighted by Gasteiger charge is -2.17. The Balaban J connectivity index is 1.69. The van der Waals surface area contributed by atoms with Crippen LogP contribution in [-0.2, 0) is 25.9 Å². The summed E-state index contributed by atoms with van der Waals surface area (Å²) in [5, 5.41) is 10.9. The van der Waals surface area contributed by atoms with Gasteiger partial charge >= 0.3 is 0 Å². The number of aromatic nitrogens is 1. The van der Waals surface area contributed by atoms with E-state index in [-0.39, 0.29) is 6.10 Å². The van der Waals surface area contributed by atoms with Gasteiger partial charge in [-0.05, 0) is 56.7 Å². The summed E-state index contributed by atoms with van der Waals surface area (Å²) in [6.07, 6.45) is 6.67. The predicted octanol–water partition coefficient (Wildman–Crippen LogP) is 4.38. The highest BCUT2D eigenvalue weighted by Gasteiger charge is 2.19. The Hall–Kier alpha value is -2.70. The molecule has 170 valence electrons. The van der Waals surface area contributed by atoms with Crippen LogP contribution in [0, 0.1) is 0 Å². The molecule has 3 rings (SSSR count). The Kier molecular flexibility index (Phi) is 8.62. The number of aliphatic imine (C=N–C) groups is 1. The molecule has 0 saturated heterocycles. The van der Waals surface area contributed by atoms with Crippen LogP contribution < -0.4 is 20.1 Å². The van der Waals surface area contributed by atoms with E-state index in [4.69, 9.17) is 19.0 Å². The van der Waals surface area contributed by atoms with Crippen LogP contribution in [-0.4, -0.2) is 30.9 Å². The third kappa shape index (κ3) is 6.15. The number of benzene rings is 1. The van der Waals surface area contributed by atoms with Crippen molar-refractivity contribution >= 4 is 5.96 Å². The molecule has 1 aliphatic carbocycles. The van der Waals surface area contributed by atoms with Gasteiger partial charge in [0.25, 0.3) is 0 Å². The maximum absolute atomic E-state index is 6.22. The zero-order chi connectivity index (χ0) is 22.1. The third-order valence-electron chi connectivity index (χ3n) is 5.63. The van der Waals surface area contributed by atoms with Gasteiger partial charge in [0.2, 0.25) is 0 Å². The van der Waals surface area contributed by atoms with Crippen molar-refractivity contribution in [2.24, 2.45) is 4.99 Å². The average molecular weight is 429 g/mol. The molecule has 0 bridgehead atoms. The number of hydrogen-bond acceptors (Lipinski definition) is 5. The van der Waals surface area contributed by atoms with Crippen LogP contribution in [0.5, 0.6) is 11.5 Å². The number of methoxy groups -OCH3 is 1. The summed E-state index contributed by atoms with van der Waals surface area (Å²) >= 11 is 0. The van der Waals surface area contributed by atoms with Crippen molar-refractivity contribution in [2.75, 3.05) is 13.7 Å². The molecule has 0 aliphatic heterocycles. The second-order valence-electron chi connectivity index (χ2n) is 7.80. The fourth-order valence-electron chi connectivity index (χ4n) is 3.92. The standard InChI is InChI=1S/C24H36N4O3/c1-5-20-19(21(6-2)31-28-20)16-27-24(25-7-3)26-15-17-12-13-22(29-4)23(14-17)30-18-10-8-9-11-18/h12-14,18H,5-11,15-16H2,1-4H3,(H2,25,26,27). The second kappa shape index (κ2) is 11.6. The maximum Gasteiger partial charge on any atom is 0.191 e. The van der Waals surface area contributed by atoms with Crippen molar-refractivity contribution in [1.29, 1.82) is 0 Å². The Morgan fingerprint density at radius 2 is 1.94 bits per heavy atom. The largest absolute Gasteiger partial charge is 0.493 e. The van der Waals surface area contributed by atoms with E-state index in [1.54, 1.807) is 7.11 Å². The van der Waals surface area contributed by atoms with Crippen molar-refractivity contribution in [3.8, 4) is 11.5 Å². The summed E-state index contributed by atoms with van der Waals surface area (Å²) < 4.78 is 17.2. The Labute approximate surface area is 185 Å². The smallest absolute Gasteiger partial charge is 0.191 e. The number of aryl methyl sites for hydroxylation is 2. The third-order valence-corrected chi connectivity index (χ3v) is 5.63. The topological polar surface area (TPSA) is 80.9 Å². The molecule has 1 aromatic carbocycles. The van der Waals surface area contributed by atoms with Gasteiger partial charge in [-0.25, -0.2) is 4.99 Å². The Bertz CT molecular complexity index is 835. The lowest BCUT2D eigenvalue weighted by atomic mass is 10.1. The molecule has 1 aromatic heterocycles. The highest BCUT2D eigenvalue weighted by molar-refractivity contribution is 5.79. The fraction of sp³-hybridized carbons (Fsp3) is 0.583. The van der Waals surface area contributed by atoms with Gasteiger partial charge in [0.15, 0.2) is 17.5 Å². The van der Waals surface area contributed by atoms with Crippen LogP contribution in [0.1, 0.15) is 69.0 Å². The van der Waals surface area contributed by atoms with Gasteiger partial charge in [0.05, 0.1) is 25.5 Å². The first kappa shape index (κ1) is 23.0. The van der Waals surface area contributed by atoms with E-state index in [0.29, 0.717) is 13.1 Å². The normalized spacial score (nSPS) is 14.6. The summed E-state index contributed by atoms with van der Waals surface area (Å²) in [6.45, 7) is 8.21. The van der Waals surface area contributed by atoms with Gasteiger partial charge in [0, 0.05) is 25.1 Å². The highest BCUT2D eigenvalue weighted by Crippen LogP contribution is 2.32. The molecular weight excluding hydrogens is 392 g/mol. The van der Waals surface area contributed by atoms with Gasteiger partial charge in [-0.15, -0.1) is 0 Å². The van der Waals surface area contributed by atoms with E-state index in [2.05, 4.69) is 42.6 Å². The summed E-state index contributed by atoms with van der Waals surface area (Å²) in [6, 6.07) is 6.06. The maximum atomic E-state index is 6.22. The molecule has 7 nitrogen and oxygen atoms in total. The van der Waals surface area contributed by atoms with Crippen molar-refractivity contribution in [3.05, 3.63) is 40.8 Å². The molecule has 0 radical (unpaired) electrons. The van der Waals surface area contributed by atoms with E-state index in [9.17, 15) is 0 Å². The van der Waals surface area contributed by atoms with Crippen LogP contribution in [0.2, 0.25) is 0 Å². The van der Waals surface area contributed by atoms with Crippen LogP contribution in [0.3, 0.4) is 0 Å². The highest BCUT2D eigenvalue weighted by atomic mass is 16.5. The van der Waals surface area contributed by atoms with E-state index in [1.165, 1.54) is 12.8 Å². The number of nitrogens with one attached hydrogen (secondary N) is 2. The van der Waals surface area contributed by atoms with Gasteiger partial charge in [0.1, 0.15) is 5.76 Å². The molecule has 0 unspecified atom stereocenters. The molecule has 1 aliphatic rings. The summed E-state index contributed by atoms with van der Waals surface area (Å²) in [4.78, 5) is 4.77. The Morgan fingerprint density at radius 3 is 2.61 bits per heavy atom. The van der Waals surface area contributed by atoms with Crippen molar-refractivity contribution in [3.63, 3.8) is 0 Å². The summed E-state index contributed by atoms with van der Waals surface area (Å²) in [7, 11) is 1.68. The monoisotopic (exact) mass is 428 g/mol. The van der Waals surface area contributed by atoms with Crippen LogP contribution >= 0.6 is 0 Å². The summed E-state index contributed by atoms with van der Waals surface area (Å²) in [5.41, 5.74) is 3.22. The average Bonchev–Trinajstić information content (AvgIpc) is 3.45. The minimum Gasteiger partial charge on any atom is -0.493 e. The first-order chi connectivity index (χ1) is 15.2. The van der Waals surface area contributed by atoms with Crippen molar-refractivity contribution in [1.82, 2.24) is 15.8 Å². The minimum atomic E-state index is 0.288. The molecule has 1 heterocycles. The van der Waals surface area contributed by atoms with Crippen LogP contribution in [0.25, 0.3) is 0 Å². The quantitative estimate of drug-likeness (QED) is 0.432. The number of nitrogens with zero attached hydrogens (tertiary/aromatic N) is 2. The first-order valence-corrected chi connectivity index (χ1v) is 11.5. The van der Waals surface area contributed by atoms with E-state index >= 15 is 0 Å². The molecule has 2 N–H and O–H groups in total. The lowest BCUT2D eigenvalue weighted by Crippen LogP contribution is -2.37. The number of hydrogen-bond donors (Lipinski definition) is 2. The molecule has 2 aromatic rings. The summed E-state index contributed by atoms with van der Waals surface area (Å²) in [5.74, 6) is 3.28. The number of ether oxygens (including phenoxy) is 2. The van der Waals surface area contributed by atoms with E-state index in [1.807, 2.05) is 12.1 Å². The molecule has 0 atom stereocenters. The molecule has 1 saturated carbocycles. The molecule has 0 amide bonds. The number of rotatable bonds is 10. The van der Waals surface area contributed by atoms with E-state index < -0.39 is 0 Å². The molecule has 7 heteroatoms. The van der Waals surface area contributed by atoms with Crippen LogP contribution in [0.4, 0.5) is 0 Å². The molecule has 1 fully saturated rings. The first-order valence-electron chi connectivity index (χ1n) is 11.5. The van der Waals surface area contributed by atoms with Gasteiger partial charge < -0.3 is 24.6 Å². The predicted molar refractivity (Wildman–Crippen MR) is 123 cm³/mol. The van der Waals surface area contributed by atoms with E-state index in [0.717, 1.165) is 72.3 Å². The Morgan fingerprint density at radius 1 is 1.13 bits per heavy atom. The van der Waals surface area contributed by atoms with Crippen LogP contribution in [0.15, 0.2) is 27.7 Å². The molecule has 0 spiro atoms. The molecule has 31 heavy (non-hydrogen) atoms. The van der Waals surface area contributed by atoms with Crippen molar-refractivity contribution in [2.45, 2.75) is 78.5 Å².